The maximum absolute atomic E-state index is 14.9. The van der Waals surface area contributed by atoms with E-state index in [-0.39, 0.29) is 18.2 Å². The zero-order chi connectivity index (χ0) is 24.1. The highest BCUT2D eigenvalue weighted by Crippen LogP contribution is 2.22. The highest BCUT2D eigenvalue weighted by Gasteiger charge is 2.44. The maximum Gasteiger partial charge on any atom is 0.413 e. The van der Waals surface area contributed by atoms with Crippen molar-refractivity contribution in [3.05, 3.63) is 82.2 Å². The summed E-state index contributed by atoms with van der Waals surface area (Å²) in [5.74, 6) is -25.4. The molecule has 0 aliphatic heterocycles. The molecule has 3 aromatic rings. The summed E-state index contributed by atoms with van der Waals surface area (Å²) in [6.07, 6.45) is 0. The summed E-state index contributed by atoms with van der Waals surface area (Å²) in [5.41, 5.74) is 0. The number of halogens is 11. The molecule has 1 nitrogen and oxygen atoms in total. The predicted molar refractivity (Wildman–Crippen MR) is 90.1 cm³/mol. The van der Waals surface area contributed by atoms with E-state index in [2.05, 4.69) is 4.74 Å². The van der Waals surface area contributed by atoms with E-state index in [4.69, 9.17) is 0 Å². The van der Waals surface area contributed by atoms with E-state index >= 15 is 0 Å². The summed E-state index contributed by atoms with van der Waals surface area (Å²) in [5, 5.41) is 0. The van der Waals surface area contributed by atoms with Gasteiger partial charge in [-0.05, 0) is 13.3 Å². The number of ether oxygens (including phenoxy) is 1. The largest absolute Gasteiger partial charge is 0.494 e. The second kappa shape index (κ2) is 8.63. The molecule has 0 spiro atoms. The molecular weight excluding hydrogens is 480 g/mol. The van der Waals surface area contributed by atoms with Crippen LogP contribution in [-0.4, -0.2) is 21.3 Å². The molecule has 32 heavy (non-hydrogen) atoms. The number of hydrogen-bond donors (Lipinski definition) is 0. The first-order valence-corrected chi connectivity index (χ1v) is 10.0. The highest BCUT2D eigenvalue weighted by molar-refractivity contribution is 6.95. The fourth-order valence-electron chi connectivity index (χ4n) is 3.12. The Bertz CT molecular complexity index is 1130. The summed E-state index contributed by atoms with van der Waals surface area (Å²) in [6.45, 7) is 0. The first-order chi connectivity index (χ1) is 14.9. The Morgan fingerprint density at radius 1 is 0.469 bits per heavy atom. The van der Waals surface area contributed by atoms with Crippen LogP contribution in [0.4, 0.5) is 48.3 Å². The van der Waals surface area contributed by atoms with Crippen molar-refractivity contribution in [2.24, 2.45) is 0 Å². The van der Waals surface area contributed by atoms with Crippen LogP contribution in [0.1, 0.15) is 0 Å². The zero-order valence-electron chi connectivity index (χ0n) is 15.4. The third-order valence-electron chi connectivity index (χ3n) is 4.53. The number of rotatable bonds is 4. The van der Waals surface area contributed by atoms with Crippen molar-refractivity contribution in [2.45, 2.75) is 0 Å². The van der Waals surface area contributed by atoms with Crippen LogP contribution >= 0.6 is 0 Å². The molecule has 168 valence electrons. The molecule has 0 fully saturated rings. The molecule has 0 aromatic heterocycles. The molecule has 0 aliphatic carbocycles. The van der Waals surface area contributed by atoms with Gasteiger partial charge in [0.2, 0.25) is 0 Å². The van der Waals surface area contributed by atoms with Gasteiger partial charge in [-0.15, -0.1) is 0 Å². The van der Waals surface area contributed by atoms with Crippen molar-refractivity contribution in [1.82, 2.24) is 0 Å². The summed E-state index contributed by atoms with van der Waals surface area (Å²) >= 11 is -5.26. The molecule has 0 amide bonds. The second-order valence-electron chi connectivity index (χ2n) is 6.30. The van der Waals surface area contributed by atoms with Gasteiger partial charge in [0.05, 0.1) is 7.11 Å². The van der Waals surface area contributed by atoms with Gasteiger partial charge in [0.1, 0.15) is 29.1 Å². The Labute approximate surface area is 176 Å². The summed E-state index contributed by atoms with van der Waals surface area (Å²) in [6, 6.07) is -0.522. The average molecular weight is 486 g/mol. The quantitative estimate of drug-likeness (QED) is 0.311. The van der Waals surface area contributed by atoms with E-state index in [0.717, 1.165) is 7.11 Å². The van der Waals surface area contributed by atoms with Gasteiger partial charge in [-0.25, -0.2) is 48.3 Å². The van der Waals surface area contributed by atoms with E-state index in [9.17, 15) is 48.3 Å². The maximum atomic E-state index is 14.9. The molecule has 3 aromatic carbocycles. The predicted octanol–water partition coefficient (Wildman–Crippen LogP) is 3.74. The van der Waals surface area contributed by atoms with E-state index in [0.29, 0.717) is 0 Å². The van der Waals surface area contributed by atoms with E-state index in [1.54, 1.807) is 0 Å². The molecule has 0 aliphatic rings. The summed E-state index contributed by atoms with van der Waals surface area (Å²) in [7, 11) is 0.738. The number of benzene rings is 3. The molecule has 0 saturated heterocycles. The van der Waals surface area contributed by atoms with Gasteiger partial charge in [-0.1, -0.05) is 0 Å². The minimum atomic E-state index is -5.26. The molecule has 0 bridgehead atoms. The highest BCUT2D eigenvalue weighted by atomic mass is 27.2. The van der Waals surface area contributed by atoms with Gasteiger partial charge in [-0.2, -0.15) is 0 Å². The molecule has 0 saturated carbocycles. The minimum Gasteiger partial charge on any atom is -0.494 e. The van der Waals surface area contributed by atoms with Gasteiger partial charge in [0.25, 0.3) is 0 Å². The lowest BCUT2D eigenvalue weighted by atomic mass is 10.3. The molecular formula is C19H6AlF11O. The monoisotopic (exact) mass is 486 g/mol. The van der Waals surface area contributed by atoms with Crippen molar-refractivity contribution in [1.29, 1.82) is 0 Å². The van der Waals surface area contributed by atoms with Crippen molar-refractivity contribution >= 4 is 27.4 Å². The van der Waals surface area contributed by atoms with Crippen LogP contribution in [0.25, 0.3) is 0 Å². The summed E-state index contributed by atoms with van der Waals surface area (Å²) < 4.78 is 156. The topological polar surface area (TPSA) is 9.23 Å². The zero-order valence-corrected chi connectivity index (χ0v) is 16.5. The smallest absolute Gasteiger partial charge is 0.413 e. The lowest BCUT2D eigenvalue weighted by molar-refractivity contribution is 0.379. The van der Waals surface area contributed by atoms with Gasteiger partial charge in [0.15, 0.2) is 40.7 Å². The van der Waals surface area contributed by atoms with Crippen LogP contribution in [0.2, 0.25) is 0 Å². The molecule has 13 heteroatoms. The molecule has 0 atom stereocenters. The molecule has 3 rings (SSSR count). The van der Waals surface area contributed by atoms with Crippen LogP contribution in [0, 0.1) is 64.0 Å². The fourth-order valence-corrected chi connectivity index (χ4v) is 6.34. The van der Waals surface area contributed by atoms with E-state index < -0.39 is 97.2 Å². The van der Waals surface area contributed by atoms with Crippen LogP contribution in [0.5, 0.6) is 5.75 Å². The van der Waals surface area contributed by atoms with E-state index in [1.165, 1.54) is 0 Å². The second-order valence-corrected chi connectivity index (χ2v) is 8.90. The normalized spacial score (nSPS) is 11.1. The third-order valence-corrected chi connectivity index (χ3v) is 7.79. The Hall–Kier alpha value is -2.78. The van der Waals surface area contributed by atoms with Crippen LogP contribution in [0.3, 0.4) is 0 Å². The third kappa shape index (κ3) is 3.69. The number of methoxy groups -OCH3 is 1. The van der Waals surface area contributed by atoms with Crippen molar-refractivity contribution < 1.29 is 53.0 Å². The fraction of sp³-hybridized carbons (Fsp3) is 0.0526. The molecule has 0 heterocycles. The van der Waals surface area contributed by atoms with Gasteiger partial charge >= 0.3 is 14.1 Å². The average Bonchev–Trinajstić information content (AvgIpc) is 2.73. The van der Waals surface area contributed by atoms with Gasteiger partial charge < -0.3 is 4.74 Å². The van der Waals surface area contributed by atoms with Crippen LogP contribution in [0.15, 0.2) is 18.2 Å². The van der Waals surface area contributed by atoms with Crippen molar-refractivity contribution in [3.8, 4) is 5.75 Å². The lowest BCUT2D eigenvalue weighted by Gasteiger charge is -2.20. The van der Waals surface area contributed by atoms with Crippen LogP contribution < -0.4 is 18.0 Å². The van der Waals surface area contributed by atoms with Crippen LogP contribution in [-0.2, 0) is 0 Å². The first-order valence-electron chi connectivity index (χ1n) is 8.29. The van der Waals surface area contributed by atoms with Crippen molar-refractivity contribution in [3.63, 3.8) is 0 Å². The molecule has 0 unspecified atom stereocenters. The van der Waals surface area contributed by atoms with Gasteiger partial charge in [0, 0.05) is 18.2 Å². The van der Waals surface area contributed by atoms with E-state index in [1.807, 2.05) is 0 Å². The van der Waals surface area contributed by atoms with Crippen molar-refractivity contribution in [2.75, 3.05) is 7.11 Å². The number of hydrogen-bond acceptors (Lipinski definition) is 1. The molecule has 0 N–H and O–H groups in total. The molecule has 0 radical (unpaired) electrons. The summed E-state index contributed by atoms with van der Waals surface area (Å²) in [4.78, 5) is 0. The Kier molecular flexibility index (Phi) is 6.44. The Morgan fingerprint density at radius 3 is 1.06 bits per heavy atom. The first kappa shape index (κ1) is 23.9. The minimum absolute atomic E-state index is 0.122. The van der Waals surface area contributed by atoms with Gasteiger partial charge in [-0.3, -0.25) is 0 Å². The lowest BCUT2D eigenvalue weighted by Crippen LogP contribution is -2.60. The standard InChI is InChI=1S/C7H4F3O.2C6HF4.Al/c1-11-7-3-5(9)4(8)2-6(7)10;2*7-3-1-4(8)6(10)2-5(3)9;/h3H,1H3;2*1H;. The SMILES string of the molecule is COc1cc(F)c(F)[c]([Al]([c]2c(F)c(F)cc(F)c2F)[c]2c(F)c(F)cc(F)c2F)c1F. The Balaban J connectivity index is 2.62. The Morgan fingerprint density at radius 2 is 0.750 bits per heavy atom.